The lowest BCUT2D eigenvalue weighted by Gasteiger charge is -2.41. The van der Waals surface area contributed by atoms with Gasteiger partial charge in [-0.15, -0.1) is 0 Å². The van der Waals surface area contributed by atoms with Crippen LogP contribution in [0.1, 0.15) is 26.7 Å². The summed E-state index contributed by atoms with van der Waals surface area (Å²) in [5.41, 5.74) is 0.996. The van der Waals surface area contributed by atoms with Crippen LogP contribution in [0.25, 0.3) is 0 Å². The zero-order valence-corrected chi connectivity index (χ0v) is 20.7. The zero-order chi connectivity index (χ0) is 23.7. The van der Waals surface area contributed by atoms with Crippen LogP contribution in [0.4, 0.5) is 11.4 Å². The predicted octanol–water partition coefficient (Wildman–Crippen LogP) is 3.13. The Morgan fingerprint density at radius 3 is 2.12 bits per heavy atom. The minimum Gasteiger partial charge on any atom is -0.375 e. The van der Waals surface area contributed by atoms with E-state index >= 15 is 0 Å². The van der Waals surface area contributed by atoms with Crippen LogP contribution in [0.15, 0.2) is 58.3 Å². The fourth-order valence-corrected chi connectivity index (χ4v) is 5.78. The number of ether oxygens (including phenoxy) is 1. The maximum Gasteiger partial charge on any atom is 0.261 e. The fourth-order valence-electron chi connectivity index (χ4n) is 3.80. The highest BCUT2D eigenvalue weighted by Gasteiger charge is 2.32. The van der Waals surface area contributed by atoms with Gasteiger partial charge in [0.25, 0.3) is 10.0 Å². The van der Waals surface area contributed by atoms with Crippen LogP contribution in [-0.4, -0.2) is 60.5 Å². The monoisotopic (exact) mass is 481 g/mol. The van der Waals surface area contributed by atoms with Gasteiger partial charge in [-0.1, -0.05) is 12.1 Å². The molecule has 0 spiro atoms. The maximum absolute atomic E-state index is 13.0. The van der Waals surface area contributed by atoms with Crippen LogP contribution in [-0.2, 0) is 24.8 Å². The summed E-state index contributed by atoms with van der Waals surface area (Å²) in [6, 6.07) is 12.6. The number of hydrogen-bond donors (Lipinski definition) is 1. The van der Waals surface area contributed by atoms with E-state index in [1.165, 1.54) is 38.4 Å². The molecule has 0 aromatic heterocycles. The second-order valence-electron chi connectivity index (χ2n) is 8.75. The van der Waals surface area contributed by atoms with Crippen molar-refractivity contribution in [3.63, 3.8) is 0 Å². The minimum absolute atomic E-state index is 0.0140. The summed E-state index contributed by atoms with van der Waals surface area (Å²) in [7, 11) is -2.74. The lowest BCUT2D eigenvalue weighted by Crippen LogP contribution is -2.44. The lowest BCUT2D eigenvalue weighted by atomic mass is 9.92. The van der Waals surface area contributed by atoms with Gasteiger partial charge in [0.2, 0.25) is 10.0 Å². The molecule has 0 radical (unpaired) electrons. The van der Waals surface area contributed by atoms with Gasteiger partial charge in [-0.3, -0.25) is 4.72 Å². The Morgan fingerprint density at radius 1 is 0.938 bits per heavy atom. The largest absolute Gasteiger partial charge is 0.375 e. The topological polar surface area (TPSA) is 96.0 Å². The summed E-state index contributed by atoms with van der Waals surface area (Å²) in [6.45, 7) is 4.77. The van der Waals surface area contributed by atoms with Crippen molar-refractivity contribution in [2.24, 2.45) is 0 Å². The van der Waals surface area contributed by atoms with Gasteiger partial charge in [0.15, 0.2) is 0 Å². The van der Waals surface area contributed by atoms with Crippen LogP contribution in [0, 0.1) is 0 Å². The molecular formula is C22H31N3O5S2. The van der Waals surface area contributed by atoms with Crippen LogP contribution in [0.5, 0.6) is 0 Å². The van der Waals surface area contributed by atoms with E-state index in [0.29, 0.717) is 12.3 Å². The van der Waals surface area contributed by atoms with Crippen LogP contribution in [0.2, 0.25) is 0 Å². The van der Waals surface area contributed by atoms with Crippen molar-refractivity contribution in [1.29, 1.82) is 0 Å². The molecule has 1 saturated heterocycles. The highest BCUT2D eigenvalue weighted by atomic mass is 32.2. The van der Waals surface area contributed by atoms with Gasteiger partial charge in [0, 0.05) is 33.8 Å². The lowest BCUT2D eigenvalue weighted by molar-refractivity contribution is -0.0584. The van der Waals surface area contributed by atoms with Crippen LogP contribution < -0.4 is 9.62 Å². The first kappa shape index (κ1) is 24.5. The van der Waals surface area contributed by atoms with Crippen LogP contribution in [0.3, 0.4) is 0 Å². The number of hydrogen-bond acceptors (Lipinski definition) is 6. The van der Waals surface area contributed by atoms with E-state index < -0.39 is 20.0 Å². The van der Waals surface area contributed by atoms with Gasteiger partial charge in [-0.05, 0) is 63.1 Å². The molecule has 1 atom stereocenters. The molecule has 0 bridgehead atoms. The van der Waals surface area contributed by atoms with Gasteiger partial charge >= 0.3 is 0 Å². The second kappa shape index (κ2) is 9.01. The third kappa shape index (κ3) is 5.25. The second-order valence-corrected chi connectivity index (χ2v) is 12.6. The maximum atomic E-state index is 13.0. The highest BCUT2D eigenvalue weighted by molar-refractivity contribution is 7.92. The highest BCUT2D eigenvalue weighted by Crippen LogP contribution is 2.34. The first-order valence-corrected chi connectivity index (χ1v) is 13.3. The molecule has 1 unspecified atom stereocenters. The third-order valence-corrected chi connectivity index (χ3v) is 8.87. The Morgan fingerprint density at radius 2 is 1.53 bits per heavy atom. The molecule has 0 saturated carbocycles. The van der Waals surface area contributed by atoms with Gasteiger partial charge in [-0.25, -0.2) is 21.1 Å². The van der Waals surface area contributed by atoms with E-state index in [9.17, 15) is 16.8 Å². The normalized spacial score (nSPS) is 19.0. The van der Waals surface area contributed by atoms with Gasteiger partial charge in [0.05, 0.1) is 26.8 Å². The van der Waals surface area contributed by atoms with E-state index in [4.69, 9.17) is 4.74 Å². The van der Waals surface area contributed by atoms with Crippen molar-refractivity contribution in [2.75, 3.05) is 37.4 Å². The molecule has 1 heterocycles. The molecule has 2 aromatic rings. The standard InChI is InChI=1S/C22H31N3O5S2/c1-22(2)16-17(14-15-30-22)25(5)21-9-7-6-8-20(21)23-31(26,27)18-10-12-19(13-11-18)32(28,29)24(3)4/h6-13,17,23H,14-16H2,1-5H3. The molecule has 1 aliphatic heterocycles. The Hall–Kier alpha value is -2.14. The van der Waals surface area contributed by atoms with Crippen molar-refractivity contribution < 1.29 is 21.6 Å². The Kier molecular flexibility index (Phi) is 6.90. The summed E-state index contributed by atoms with van der Waals surface area (Å²) >= 11 is 0. The molecule has 1 fully saturated rings. The molecular weight excluding hydrogens is 450 g/mol. The molecule has 0 amide bonds. The molecule has 1 aliphatic rings. The zero-order valence-electron chi connectivity index (χ0n) is 19.1. The van der Waals surface area contributed by atoms with E-state index in [1.807, 2.05) is 19.2 Å². The average molecular weight is 482 g/mol. The molecule has 32 heavy (non-hydrogen) atoms. The van der Waals surface area contributed by atoms with E-state index in [-0.39, 0.29) is 21.4 Å². The summed E-state index contributed by atoms with van der Waals surface area (Å²) in [5.74, 6) is 0. The number of nitrogens with zero attached hydrogens (tertiary/aromatic N) is 2. The first-order valence-electron chi connectivity index (χ1n) is 10.3. The molecule has 3 rings (SSSR count). The molecule has 0 aliphatic carbocycles. The quantitative estimate of drug-likeness (QED) is 0.653. The number of anilines is 2. The van der Waals surface area contributed by atoms with Crippen molar-refractivity contribution in [1.82, 2.24) is 4.31 Å². The van der Waals surface area contributed by atoms with Gasteiger partial charge < -0.3 is 9.64 Å². The smallest absolute Gasteiger partial charge is 0.261 e. The molecule has 1 N–H and O–H groups in total. The van der Waals surface area contributed by atoms with E-state index in [1.54, 1.807) is 12.1 Å². The van der Waals surface area contributed by atoms with Gasteiger partial charge in [0.1, 0.15) is 0 Å². The number of nitrogens with one attached hydrogen (secondary N) is 1. The Labute approximate surface area is 191 Å². The Bertz CT molecular complexity index is 1160. The SMILES string of the molecule is CN(c1ccccc1NS(=O)(=O)c1ccc(S(=O)(=O)N(C)C)cc1)C1CCOC(C)(C)C1. The van der Waals surface area contributed by atoms with Crippen molar-refractivity contribution in [3.05, 3.63) is 48.5 Å². The molecule has 8 nitrogen and oxygen atoms in total. The molecule has 176 valence electrons. The summed E-state index contributed by atoms with van der Waals surface area (Å²) in [5, 5.41) is 0. The summed E-state index contributed by atoms with van der Waals surface area (Å²) in [6.07, 6.45) is 1.68. The first-order chi connectivity index (χ1) is 14.8. The van der Waals surface area contributed by atoms with Crippen molar-refractivity contribution in [3.8, 4) is 0 Å². The van der Waals surface area contributed by atoms with E-state index in [2.05, 4.69) is 23.5 Å². The van der Waals surface area contributed by atoms with Crippen LogP contribution >= 0.6 is 0 Å². The number of benzene rings is 2. The molecule has 2 aromatic carbocycles. The predicted molar refractivity (Wildman–Crippen MR) is 126 cm³/mol. The number of para-hydroxylation sites is 2. The number of sulfonamides is 2. The summed E-state index contributed by atoms with van der Waals surface area (Å²) in [4.78, 5) is 2.11. The van der Waals surface area contributed by atoms with Gasteiger partial charge in [-0.2, -0.15) is 0 Å². The number of rotatable bonds is 7. The van der Waals surface area contributed by atoms with Crippen molar-refractivity contribution in [2.45, 2.75) is 48.1 Å². The summed E-state index contributed by atoms with van der Waals surface area (Å²) < 4.78 is 60.1. The average Bonchev–Trinajstić information content (AvgIpc) is 2.72. The fraction of sp³-hybridized carbons (Fsp3) is 0.455. The minimum atomic E-state index is -3.92. The molecule has 10 heteroatoms. The third-order valence-electron chi connectivity index (χ3n) is 5.66. The van der Waals surface area contributed by atoms with Crippen molar-refractivity contribution >= 4 is 31.4 Å². The Balaban J connectivity index is 1.86. The van der Waals surface area contributed by atoms with E-state index in [0.717, 1.165) is 22.8 Å².